The summed E-state index contributed by atoms with van der Waals surface area (Å²) in [5.74, 6) is 0. The van der Waals surface area contributed by atoms with Gasteiger partial charge in [-0.3, -0.25) is 18.9 Å². The highest BCUT2D eigenvalue weighted by atomic mass is 31.3. The summed E-state index contributed by atoms with van der Waals surface area (Å²) in [6, 6.07) is 0.765. The Morgan fingerprint density at radius 2 is 1.78 bits per heavy atom. The zero-order valence-electron chi connectivity index (χ0n) is 15.5. The number of aliphatic hydroxyl groups excluding tert-OH is 1. The van der Waals surface area contributed by atoms with Gasteiger partial charge in [0.2, 0.25) is 6.36 Å². The molecule has 21 heteroatoms. The minimum absolute atomic E-state index is 0.410. The monoisotopic (exact) mass is 532 g/mol. The van der Waals surface area contributed by atoms with Crippen molar-refractivity contribution in [1.82, 2.24) is 9.55 Å². The number of aliphatic hydroxyl groups is 1. The predicted octanol–water partition coefficient (Wildman–Crippen LogP) is -0.423. The highest BCUT2D eigenvalue weighted by molar-refractivity contribution is 7.66. The zero-order chi connectivity index (χ0) is 25.0. The van der Waals surface area contributed by atoms with Crippen LogP contribution in [0.5, 0.6) is 0 Å². The lowest BCUT2D eigenvalue weighted by Gasteiger charge is -2.34. The van der Waals surface area contributed by atoms with Crippen LogP contribution >= 0.6 is 23.5 Å². The van der Waals surface area contributed by atoms with Gasteiger partial charge in [-0.05, 0) is 0 Å². The number of hydrogen-bond acceptors (Lipinski definition) is 10. The van der Waals surface area contributed by atoms with Crippen LogP contribution in [0.25, 0.3) is 0 Å². The highest BCUT2D eigenvalue weighted by Crippen LogP contribution is 2.66. The number of alkyl halides is 2. The maximum Gasteiger partial charge on any atom is 0.490 e. The van der Waals surface area contributed by atoms with E-state index in [0.717, 1.165) is 12.3 Å². The van der Waals surface area contributed by atoms with Crippen LogP contribution in [0.1, 0.15) is 6.23 Å². The second kappa shape index (κ2) is 10.7. The zero-order valence-corrected chi connectivity index (χ0v) is 18.1. The quantitative estimate of drug-likeness (QED) is 0.140. The van der Waals surface area contributed by atoms with E-state index >= 15 is 0 Å². The summed E-state index contributed by atoms with van der Waals surface area (Å²) in [5.41, 5.74) is -5.02. The summed E-state index contributed by atoms with van der Waals surface area (Å²) < 4.78 is 77.5. The smallest absolute Gasteiger partial charge is 0.362 e. The molecule has 0 aliphatic carbocycles. The van der Waals surface area contributed by atoms with Gasteiger partial charge in [0.1, 0.15) is 6.67 Å². The molecule has 16 nitrogen and oxygen atoms in total. The van der Waals surface area contributed by atoms with E-state index < -0.39 is 66.2 Å². The minimum Gasteiger partial charge on any atom is -0.362 e. The van der Waals surface area contributed by atoms with E-state index in [1.807, 2.05) is 0 Å². The van der Waals surface area contributed by atoms with Crippen molar-refractivity contribution in [2.75, 3.05) is 13.3 Å². The van der Waals surface area contributed by atoms with Crippen molar-refractivity contribution < 1.29 is 65.0 Å². The van der Waals surface area contributed by atoms with Gasteiger partial charge in [0, 0.05) is 12.3 Å². The number of hydrogen-bond donors (Lipinski definition) is 6. The van der Waals surface area contributed by atoms with Crippen molar-refractivity contribution in [2.45, 2.75) is 18.2 Å². The molecule has 0 fully saturated rings. The van der Waals surface area contributed by atoms with Crippen LogP contribution in [-0.4, -0.2) is 59.5 Å². The van der Waals surface area contributed by atoms with Gasteiger partial charge in [-0.15, -0.1) is 0 Å². The molecule has 32 heavy (non-hydrogen) atoms. The Morgan fingerprint density at radius 3 is 2.22 bits per heavy atom. The lowest BCUT2D eigenvalue weighted by Crippen LogP contribution is -2.48. The molecule has 184 valence electrons. The third-order valence-electron chi connectivity index (χ3n) is 3.27. The summed E-state index contributed by atoms with van der Waals surface area (Å²) >= 11 is 0. The molecule has 1 aromatic rings. The van der Waals surface area contributed by atoms with Crippen molar-refractivity contribution in [1.29, 1.82) is 0 Å². The van der Waals surface area contributed by atoms with Gasteiger partial charge in [0.25, 0.3) is 5.56 Å². The number of phosphoric acid groups is 3. The second-order valence-electron chi connectivity index (χ2n) is 5.60. The number of ether oxygens (including phenoxy) is 1. The summed E-state index contributed by atoms with van der Waals surface area (Å²) in [6.45, 7) is -0.0916. The van der Waals surface area contributed by atoms with Crippen LogP contribution < -0.4 is 11.2 Å². The Hall–Kier alpha value is -1.39. The molecule has 2 unspecified atom stereocenters. The summed E-state index contributed by atoms with van der Waals surface area (Å²) in [4.78, 5) is 60.1. The standard InChI is InChI=1S/C11H17F2N2O14P3/c1-2-11(9(13)17,27-8(5-12)15-4-3-7(16)14-10(15)18)6-26-31(22,23)29-32(24,25)28-30(19,20)21/h2-4,8-9,17H,1,5-6H2,(H,22,23)(H,24,25)(H,14,16,18)(H2,19,20,21)/t8-,9-,11-/m1/s1. The van der Waals surface area contributed by atoms with E-state index in [4.69, 9.17) is 19.4 Å². The van der Waals surface area contributed by atoms with E-state index in [2.05, 4.69) is 19.7 Å². The molecular weight excluding hydrogens is 515 g/mol. The Morgan fingerprint density at radius 1 is 1.19 bits per heavy atom. The van der Waals surface area contributed by atoms with Crippen LogP contribution in [-0.2, 0) is 31.6 Å². The molecule has 0 amide bonds. The lowest BCUT2D eigenvalue weighted by atomic mass is 10.1. The number of rotatable bonds is 13. The van der Waals surface area contributed by atoms with Crippen LogP contribution in [0.4, 0.5) is 8.78 Å². The summed E-state index contributed by atoms with van der Waals surface area (Å²) in [7, 11) is -17.4. The Kier molecular flexibility index (Phi) is 9.57. The maximum absolute atomic E-state index is 13.9. The van der Waals surface area contributed by atoms with Gasteiger partial charge in [-0.2, -0.15) is 8.62 Å². The molecule has 0 spiro atoms. The van der Waals surface area contributed by atoms with Gasteiger partial charge in [-0.1, -0.05) is 12.7 Å². The van der Waals surface area contributed by atoms with Gasteiger partial charge in [0.05, 0.1) is 6.61 Å². The number of phosphoric ester groups is 1. The number of H-pyrrole nitrogens is 1. The number of nitrogens with one attached hydrogen (secondary N) is 1. The SMILES string of the molecule is C=C[C@](COP(=O)(O)OP(=O)(O)OP(=O)(O)O)(O[C@H](CF)n1ccc(=O)[nH]c1=O)[C@@H](O)F. The average Bonchev–Trinajstić information content (AvgIpc) is 2.59. The first-order chi connectivity index (χ1) is 14.5. The van der Waals surface area contributed by atoms with Crippen molar-refractivity contribution >= 4 is 23.5 Å². The molecule has 1 heterocycles. The molecule has 0 aromatic carbocycles. The number of halogens is 2. The van der Waals surface area contributed by atoms with Crippen LogP contribution in [0.3, 0.4) is 0 Å². The highest BCUT2D eigenvalue weighted by Gasteiger charge is 2.46. The predicted molar refractivity (Wildman–Crippen MR) is 97.3 cm³/mol. The van der Waals surface area contributed by atoms with Gasteiger partial charge in [0.15, 0.2) is 11.8 Å². The molecule has 0 saturated heterocycles. The first kappa shape index (κ1) is 28.6. The molecule has 0 aliphatic heterocycles. The third-order valence-corrected chi connectivity index (χ3v) is 7.05. The van der Waals surface area contributed by atoms with Crippen molar-refractivity contribution in [3.8, 4) is 0 Å². The summed E-state index contributed by atoms with van der Waals surface area (Å²) in [6.07, 6.45) is -4.08. The van der Waals surface area contributed by atoms with Crippen molar-refractivity contribution in [3.05, 3.63) is 45.8 Å². The normalized spacial score (nSPS) is 19.8. The fourth-order valence-corrected chi connectivity index (χ4v) is 4.98. The van der Waals surface area contributed by atoms with E-state index in [9.17, 15) is 42.1 Å². The van der Waals surface area contributed by atoms with E-state index in [1.165, 1.54) is 0 Å². The van der Waals surface area contributed by atoms with E-state index in [1.54, 1.807) is 4.98 Å². The Labute approximate surface area is 176 Å². The number of aromatic nitrogens is 2. The minimum atomic E-state index is -5.91. The fourth-order valence-electron chi connectivity index (χ4n) is 1.92. The molecule has 1 rings (SSSR count). The Bertz CT molecular complexity index is 1070. The second-order valence-corrected chi connectivity index (χ2v) is 10.0. The number of aromatic amines is 1. The van der Waals surface area contributed by atoms with Gasteiger partial charge in [-0.25, -0.2) is 27.3 Å². The average molecular weight is 532 g/mol. The van der Waals surface area contributed by atoms with Crippen LogP contribution in [0.15, 0.2) is 34.5 Å². The molecule has 5 atom stereocenters. The maximum atomic E-state index is 13.9. The molecule has 0 bridgehead atoms. The van der Waals surface area contributed by atoms with Crippen LogP contribution in [0.2, 0.25) is 0 Å². The van der Waals surface area contributed by atoms with Crippen LogP contribution in [0, 0.1) is 0 Å². The van der Waals surface area contributed by atoms with Gasteiger partial charge < -0.3 is 29.4 Å². The molecule has 0 aliphatic rings. The first-order valence-electron chi connectivity index (χ1n) is 7.75. The Balaban J connectivity index is 3.14. The molecule has 0 radical (unpaired) electrons. The molecule has 1 aromatic heterocycles. The van der Waals surface area contributed by atoms with E-state index in [-0.39, 0.29) is 0 Å². The topological polar surface area (TPSA) is 244 Å². The van der Waals surface area contributed by atoms with E-state index in [0.29, 0.717) is 10.6 Å². The molecule has 0 saturated carbocycles. The fraction of sp³-hybridized carbons (Fsp3) is 0.455. The van der Waals surface area contributed by atoms with Gasteiger partial charge >= 0.3 is 29.2 Å². The van der Waals surface area contributed by atoms with Crippen molar-refractivity contribution in [2.24, 2.45) is 0 Å². The molecular formula is C11H17F2N2O14P3. The number of nitrogens with zero attached hydrogens (tertiary/aromatic N) is 1. The summed E-state index contributed by atoms with van der Waals surface area (Å²) in [5, 5.41) is 9.40. The largest absolute Gasteiger partial charge is 0.490 e. The van der Waals surface area contributed by atoms with Crippen molar-refractivity contribution in [3.63, 3.8) is 0 Å². The molecule has 6 N–H and O–H groups in total. The first-order valence-corrected chi connectivity index (χ1v) is 12.3. The lowest BCUT2D eigenvalue weighted by molar-refractivity contribution is -0.206. The third kappa shape index (κ3) is 8.51.